The third kappa shape index (κ3) is 3.87. The molecule has 6 heteroatoms. The van der Waals surface area contributed by atoms with E-state index in [1.807, 2.05) is 20.8 Å². The van der Waals surface area contributed by atoms with Crippen LogP contribution in [0.1, 0.15) is 46.5 Å². The fourth-order valence-electron chi connectivity index (χ4n) is 3.19. The smallest absolute Gasteiger partial charge is 0.410 e. The summed E-state index contributed by atoms with van der Waals surface area (Å²) in [5.74, 6) is -0.801. The Morgan fingerprint density at radius 1 is 1.14 bits per heavy atom. The zero-order valence-electron chi connectivity index (χ0n) is 13.2. The lowest BCUT2D eigenvalue weighted by Gasteiger charge is -2.56. The van der Waals surface area contributed by atoms with Crippen molar-refractivity contribution in [3.05, 3.63) is 0 Å². The lowest BCUT2D eigenvalue weighted by Crippen LogP contribution is -2.72. The maximum absolute atomic E-state index is 12.0. The van der Waals surface area contributed by atoms with Gasteiger partial charge in [0.2, 0.25) is 0 Å². The first kappa shape index (κ1) is 16.1. The molecule has 6 nitrogen and oxygen atoms in total. The van der Waals surface area contributed by atoms with Crippen LogP contribution in [0.25, 0.3) is 0 Å². The normalized spacial score (nSPS) is 22.5. The van der Waals surface area contributed by atoms with Crippen molar-refractivity contribution in [3.63, 3.8) is 0 Å². The highest BCUT2D eigenvalue weighted by molar-refractivity contribution is 5.73. The molecule has 2 saturated heterocycles. The van der Waals surface area contributed by atoms with Gasteiger partial charge in [-0.3, -0.25) is 9.69 Å². The molecule has 2 aliphatic rings. The first-order valence-corrected chi connectivity index (χ1v) is 7.67. The Bertz CT molecular complexity index is 404. The number of carbonyl (C=O) groups is 2. The van der Waals surface area contributed by atoms with E-state index in [1.165, 1.54) is 6.42 Å². The van der Waals surface area contributed by atoms with E-state index >= 15 is 0 Å². The van der Waals surface area contributed by atoms with Crippen molar-refractivity contribution < 1.29 is 19.4 Å². The first-order chi connectivity index (χ1) is 9.72. The zero-order chi connectivity index (χ0) is 15.7. The summed E-state index contributed by atoms with van der Waals surface area (Å²) < 4.78 is 5.35. The third-order valence-corrected chi connectivity index (χ3v) is 4.13. The predicted octanol–water partition coefficient (Wildman–Crippen LogP) is 1.94. The largest absolute Gasteiger partial charge is 0.481 e. The van der Waals surface area contributed by atoms with Crippen LogP contribution in [0.3, 0.4) is 0 Å². The molecule has 1 N–H and O–H groups in total. The number of ether oxygens (including phenoxy) is 1. The molecular weight excluding hydrogens is 272 g/mol. The second-order valence-corrected chi connectivity index (χ2v) is 7.18. The van der Waals surface area contributed by atoms with Gasteiger partial charge in [0.25, 0.3) is 0 Å². The number of carboxylic acid groups (broad SMARTS) is 1. The Kier molecular flexibility index (Phi) is 4.46. The molecular formula is C15H26N2O4. The summed E-state index contributed by atoms with van der Waals surface area (Å²) >= 11 is 0. The number of piperidine rings is 1. The molecule has 0 radical (unpaired) electrons. The SMILES string of the molecule is CC(C)(C)OC(=O)N1CC(CC(=O)O)(N2CCCCC2)C1. The van der Waals surface area contributed by atoms with E-state index in [1.54, 1.807) is 4.90 Å². The van der Waals surface area contributed by atoms with Crippen molar-refractivity contribution in [2.75, 3.05) is 26.2 Å². The van der Waals surface area contributed by atoms with Gasteiger partial charge in [-0.2, -0.15) is 0 Å². The molecule has 2 rings (SSSR count). The second-order valence-electron chi connectivity index (χ2n) is 7.18. The maximum Gasteiger partial charge on any atom is 0.410 e. The van der Waals surface area contributed by atoms with Crippen molar-refractivity contribution in [1.82, 2.24) is 9.80 Å². The maximum atomic E-state index is 12.0. The molecule has 0 atom stereocenters. The third-order valence-electron chi connectivity index (χ3n) is 4.13. The number of likely N-dealkylation sites (tertiary alicyclic amines) is 2. The van der Waals surface area contributed by atoms with E-state index in [4.69, 9.17) is 4.74 Å². The van der Waals surface area contributed by atoms with Crippen LogP contribution in [-0.4, -0.2) is 64.3 Å². The molecule has 0 spiro atoms. The van der Waals surface area contributed by atoms with Crippen LogP contribution >= 0.6 is 0 Å². The fraction of sp³-hybridized carbons (Fsp3) is 0.867. The second kappa shape index (κ2) is 5.83. The fourth-order valence-corrected chi connectivity index (χ4v) is 3.19. The Morgan fingerprint density at radius 2 is 1.71 bits per heavy atom. The van der Waals surface area contributed by atoms with Gasteiger partial charge in [-0.15, -0.1) is 0 Å². The molecule has 120 valence electrons. The van der Waals surface area contributed by atoms with Crippen LogP contribution in [0, 0.1) is 0 Å². The molecule has 21 heavy (non-hydrogen) atoms. The molecule has 0 aromatic rings. The summed E-state index contributed by atoms with van der Waals surface area (Å²) in [5, 5.41) is 9.19. The van der Waals surface area contributed by atoms with E-state index in [0.717, 1.165) is 25.9 Å². The number of nitrogens with zero attached hydrogens (tertiary/aromatic N) is 2. The van der Waals surface area contributed by atoms with Gasteiger partial charge in [-0.25, -0.2) is 4.79 Å². The Hall–Kier alpha value is -1.30. The van der Waals surface area contributed by atoms with Gasteiger partial charge in [-0.1, -0.05) is 6.42 Å². The predicted molar refractivity (Wildman–Crippen MR) is 78.2 cm³/mol. The van der Waals surface area contributed by atoms with Gasteiger partial charge in [0, 0.05) is 13.1 Å². The number of aliphatic carboxylic acids is 1. The average molecular weight is 298 g/mol. The Balaban J connectivity index is 1.99. The van der Waals surface area contributed by atoms with Gasteiger partial charge in [0.05, 0.1) is 12.0 Å². The molecule has 1 amide bonds. The minimum Gasteiger partial charge on any atom is -0.481 e. The highest BCUT2D eigenvalue weighted by atomic mass is 16.6. The minimum atomic E-state index is -0.801. The van der Waals surface area contributed by atoms with E-state index < -0.39 is 17.1 Å². The molecule has 0 aromatic heterocycles. The number of carboxylic acids is 1. The summed E-state index contributed by atoms with van der Waals surface area (Å²) in [5.41, 5.74) is -0.920. The topological polar surface area (TPSA) is 70.1 Å². The van der Waals surface area contributed by atoms with Crippen LogP contribution in [0.4, 0.5) is 4.79 Å². The molecule has 2 fully saturated rings. The quantitative estimate of drug-likeness (QED) is 0.862. The standard InChI is InChI=1S/C15H26N2O4/c1-14(2,3)21-13(20)16-10-15(11-16,9-12(18)19)17-7-5-4-6-8-17/h4-11H2,1-3H3,(H,18,19). The lowest BCUT2D eigenvalue weighted by molar-refractivity contribution is -0.146. The van der Waals surface area contributed by atoms with E-state index in [-0.39, 0.29) is 12.5 Å². The number of hydrogen-bond acceptors (Lipinski definition) is 4. The van der Waals surface area contributed by atoms with Gasteiger partial charge < -0.3 is 14.7 Å². The summed E-state index contributed by atoms with van der Waals surface area (Å²) in [7, 11) is 0. The molecule has 0 unspecified atom stereocenters. The Labute approximate surface area is 126 Å². The van der Waals surface area contributed by atoms with Gasteiger partial charge in [-0.05, 0) is 46.7 Å². The number of amides is 1. The number of carbonyl (C=O) groups excluding carboxylic acids is 1. The van der Waals surface area contributed by atoms with Crippen molar-refractivity contribution in [2.45, 2.75) is 57.6 Å². The number of rotatable bonds is 3. The number of hydrogen-bond donors (Lipinski definition) is 1. The summed E-state index contributed by atoms with van der Waals surface area (Å²) in [6.07, 6.45) is 3.16. The van der Waals surface area contributed by atoms with Crippen LogP contribution in [0.15, 0.2) is 0 Å². The van der Waals surface area contributed by atoms with E-state index in [2.05, 4.69) is 4.90 Å². The van der Waals surface area contributed by atoms with Crippen LogP contribution < -0.4 is 0 Å². The molecule has 0 aromatic carbocycles. The minimum absolute atomic E-state index is 0.0896. The molecule has 2 heterocycles. The van der Waals surface area contributed by atoms with E-state index in [0.29, 0.717) is 13.1 Å². The Morgan fingerprint density at radius 3 is 2.19 bits per heavy atom. The monoisotopic (exact) mass is 298 g/mol. The van der Waals surface area contributed by atoms with Crippen LogP contribution in [0.2, 0.25) is 0 Å². The first-order valence-electron chi connectivity index (χ1n) is 7.67. The summed E-state index contributed by atoms with van der Waals surface area (Å²) in [6.45, 7) is 8.26. The van der Waals surface area contributed by atoms with Crippen molar-refractivity contribution in [1.29, 1.82) is 0 Å². The van der Waals surface area contributed by atoms with Gasteiger partial charge >= 0.3 is 12.1 Å². The zero-order valence-corrected chi connectivity index (χ0v) is 13.2. The lowest BCUT2D eigenvalue weighted by atomic mass is 9.83. The molecule has 0 saturated carbocycles. The van der Waals surface area contributed by atoms with Gasteiger partial charge in [0.1, 0.15) is 5.60 Å². The van der Waals surface area contributed by atoms with Crippen molar-refractivity contribution in [3.8, 4) is 0 Å². The van der Waals surface area contributed by atoms with Gasteiger partial charge in [0.15, 0.2) is 0 Å². The van der Waals surface area contributed by atoms with Crippen LogP contribution in [0.5, 0.6) is 0 Å². The molecule has 0 bridgehead atoms. The highest BCUT2D eigenvalue weighted by Crippen LogP contribution is 2.34. The van der Waals surface area contributed by atoms with Crippen molar-refractivity contribution in [2.24, 2.45) is 0 Å². The average Bonchev–Trinajstić information content (AvgIpc) is 2.31. The summed E-state index contributed by atoms with van der Waals surface area (Å²) in [4.78, 5) is 27.1. The highest BCUT2D eigenvalue weighted by Gasteiger charge is 2.51. The van der Waals surface area contributed by atoms with Crippen molar-refractivity contribution >= 4 is 12.1 Å². The molecule has 2 aliphatic heterocycles. The van der Waals surface area contributed by atoms with Crippen LogP contribution in [-0.2, 0) is 9.53 Å². The molecule has 0 aliphatic carbocycles. The van der Waals surface area contributed by atoms with E-state index in [9.17, 15) is 14.7 Å². The summed E-state index contributed by atoms with van der Waals surface area (Å²) in [6, 6.07) is 0.